The van der Waals surface area contributed by atoms with E-state index in [1.807, 2.05) is 0 Å². The standard InChI is InChI=1S/C10H9BrO5/c1-4-2-5-9(16-3-15-5)7(11)6(4)8(12)10(13)14/h2,8,12H,3H2,1H3,(H,13,14). The van der Waals surface area contributed by atoms with Gasteiger partial charge < -0.3 is 19.7 Å². The van der Waals surface area contributed by atoms with Crippen LogP contribution in [0, 0.1) is 6.92 Å². The normalized spacial score (nSPS) is 14.9. The number of carbonyl (C=O) groups is 1. The molecule has 0 bridgehead atoms. The van der Waals surface area contributed by atoms with Crippen molar-refractivity contribution in [1.82, 2.24) is 0 Å². The van der Waals surface area contributed by atoms with Crippen LogP contribution < -0.4 is 9.47 Å². The topological polar surface area (TPSA) is 76.0 Å². The summed E-state index contributed by atoms with van der Waals surface area (Å²) in [7, 11) is 0. The maximum absolute atomic E-state index is 10.8. The van der Waals surface area contributed by atoms with Crippen LogP contribution in [-0.2, 0) is 4.79 Å². The highest BCUT2D eigenvalue weighted by Gasteiger charge is 2.28. The minimum absolute atomic E-state index is 0.0972. The summed E-state index contributed by atoms with van der Waals surface area (Å²) in [5, 5.41) is 18.4. The lowest BCUT2D eigenvalue weighted by molar-refractivity contribution is -0.147. The van der Waals surface area contributed by atoms with Crippen LogP contribution in [0.5, 0.6) is 11.5 Å². The predicted octanol–water partition coefficient (Wildman–Crippen LogP) is 1.60. The van der Waals surface area contributed by atoms with E-state index in [2.05, 4.69) is 15.9 Å². The number of aliphatic hydroxyl groups excluding tert-OH is 1. The summed E-state index contributed by atoms with van der Waals surface area (Å²) >= 11 is 3.22. The third kappa shape index (κ3) is 1.64. The molecule has 1 heterocycles. The molecule has 2 N–H and O–H groups in total. The zero-order valence-corrected chi connectivity index (χ0v) is 9.94. The van der Waals surface area contributed by atoms with Gasteiger partial charge in [0, 0.05) is 5.56 Å². The Hall–Kier alpha value is -1.27. The molecule has 0 fully saturated rings. The molecule has 1 atom stereocenters. The van der Waals surface area contributed by atoms with Crippen LogP contribution in [0.1, 0.15) is 17.2 Å². The molecule has 1 aliphatic rings. The molecule has 1 aliphatic heterocycles. The van der Waals surface area contributed by atoms with Crippen molar-refractivity contribution in [3.05, 3.63) is 21.7 Å². The molecular formula is C10H9BrO5. The van der Waals surface area contributed by atoms with Gasteiger partial charge in [-0.25, -0.2) is 4.79 Å². The predicted molar refractivity (Wildman–Crippen MR) is 57.6 cm³/mol. The van der Waals surface area contributed by atoms with E-state index < -0.39 is 12.1 Å². The Kier molecular flexibility index (Phi) is 2.77. The van der Waals surface area contributed by atoms with Crippen molar-refractivity contribution in [2.45, 2.75) is 13.0 Å². The number of aliphatic hydroxyl groups is 1. The minimum atomic E-state index is -1.58. The monoisotopic (exact) mass is 288 g/mol. The number of aliphatic carboxylic acids is 1. The van der Waals surface area contributed by atoms with E-state index in [1.54, 1.807) is 13.0 Å². The van der Waals surface area contributed by atoms with Crippen molar-refractivity contribution >= 4 is 21.9 Å². The van der Waals surface area contributed by atoms with Gasteiger partial charge in [-0.05, 0) is 34.5 Å². The number of hydrogen-bond acceptors (Lipinski definition) is 4. The molecule has 0 saturated carbocycles. The smallest absolute Gasteiger partial charge is 0.337 e. The molecule has 0 spiro atoms. The number of halogens is 1. The summed E-state index contributed by atoms with van der Waals surface area (Å²) in [5.74, 6) is -0.325. The third-order valence-corrected chi connectivity index (χ3v) is 3.14. The first kappa shape index (κ1) is 11.2. The first-order valence-electron chi connectivity index (χ1n) is 4.52. The Morgan fingerprint density at radius 3 is 2.88 bits per heavy atom. The van der Waals surface area contributed by atoms with Crippen molar-refractivity contribution in [2.75, 3.05) is 6.79 Å². The van der Waals surface area contributed by atoms with Gasteiger partial charge in [0.1, 0.15) is 0 Å². The molecule has 0 radical (unpaired) electrons. The van der Waals surface area contributed by atoms with E-state index in [-0.39, 0.29) is 12.4 Å². The van der Waals surface area contributed by atoms with Gasteiger partial charge in [0.25, 0.3) is 0 Å². The molecular weight excluding hydrogens is 280 g/mol. The van der Waals surface area contributed by atoms with Gasteiger partial charge >= 0.3 is 5.97 Å². The van der Waals surface area contributed by atoms with Gasteiger partial charge in [-0.1, -0.05) is 0 Å². The van der Waals surface area contributed by atoms with Crippen molar-refractivity contribution in [2.24, 2.45) is 0 Å². The molecule has 1 aromatic carbocycles. The maximum Gasteiger partial charge on any atom is 0.337 e. The SMILES string of the molecule is Cc1cc2c(c(Br)c1C(O)C(=O)O)OCO2. The highest BCUT2D eigenvalue weighted by Crippen LogP contribution is 2.44. The fourth-order valence-corrected chi connectivity index (χ4v) is 2.44. The average molecular weight is 289 g/mol. The minimum Gasteiger partial charge on any atom is -0.479 e. The Morgan fingerprint density at radius 1 is 1.56 bits per heavy atom. The van der Waals surface area contributed by atoms with E-state index in [0.29, 0.717) is 21.5 Å². The molecule has 2 rings (SSSR count). The molecule has 6 heteroatoms. The maximum atomic E-state index is 10.8. The number of aryl methyl sites for hydroxylation is 1. The first-order valence-corrected chi connectivity index (χ1v) is 5.31. The van der Waals surface area contributed by atoms with Crippen LogP contribution >= 0.6 is 15.9 Å². The summed E-state index contributed by atoms with van der Waals surface area (Å²) in [6, 6.07) is 1.65. The first-order chi connectivity index (χ1) is 7.52. The Labute approximate surface area is 99.7 Å². The number of carboxylic acid groups (broad SMARTS) is 1. The number of ether oxygens (including phenoxy) is 2. The van der Waals surface area contributed by atoms with Crippen LogP contribution in [0.2, 0.25) is 0 Å². The van der Waals surface area contributed by atoms with Crippen LogP contribution in [0.15, 0.2) is 10.5 Å². The number of benzene rings is 1. The Bertz CT molecular complexity index is 457. The summed E-state index contributed by atoms with van der Waals surface area (Å²) in [4.78, 5) is 10.8. The van der Waals surface area contributed by atoms with Crippen LogP contribution in [0.3, 0.4) is 0 Å². The highest BCUT2D eigenvalue weighted by atomic mass is 79.9. The number of fused-ring (bicyclic) bond motifs is 1. The second-order valence-corrected chi connectivity index (χ2v) is 4.19. The fraction of sp³-hybridized carbons (Fsp3) is 0.300. The number of carboxylic acids is 1. The molecule has 1 unspecified atom stereocenters. The average Bonchev–Trinajstić information content (AvgIpc) is 2.65. The molecule has 1 aromatic rings. The largest absolute Gasteiger partial charge is 0.479 e. The van der Waals surface area contributed by atoms with E-state index in [4.69, 9.17) is 14.6 Å². The van der Waals surface area contributed by atoms with Crippen LogP contribution in [0.25, 0.3) is 0 Å². The van der Waals surface area contributed by atoms with Gasteiger partial charge in [-0.15, -0.1) is 0 Å². The summed E-state index contributed by atoms with van der Waals surface area (Å²) in [5.41, 5.74) is 0.919. The Balaban J connectivity index is 2.58. The lowest BCUT2D eigenvalue weighted by Gasteiger charge is -2.13. The highest BCUT2D eigenvalue weighted by molar-refractivity contribution is 9.10. The zero-order valence-electron chi connectivity index (χ0n) is 8.36. The molecule has 0 amide bonds. The third-order valence-electron chi connectivity index (χ3n) is 2.36. The molecule has 0 saturated heterocycles. The summed E-state index contributed by atoms with van der Waals surface area (Å²) in [6.45, 7) is 1.80. The molecule has 86 valence electrons. The molecule has 5 nitrogen and oxygen atoms in total. The van der Waals surface area contributed by atoms with Crippen LogP contribution in [0.4, 0.5) is 0 Å². The quantitative estimate of drug-likeness (QED) is 0.865. The van der Waals surface area contributed by atoms with Gasteiger partial charge in [-0.2, -0.15) is 0 Å². The van der Waals surface area contributed by atoms with Gasteiger partial charge in [0.2, 0.25) is 6.79 Å². The lowest BCUT2D eigenvalue weighted by atomic mass is 10.0. The van der Waals surface area contributed by atoms with Gasteiger partial charge in [-0.3, -0.25) is 0 Å². The van der Waals surface area contributed by atoms with E-state index >= 15 is 0 Å². The second-order valence-electron chi connectivity index (χ2n) is 3.40. The van der Waals surface area contributed by atoms with E-state index in [9.17, 15) is 9.90 Å². The van der Waals surface area contributed by atoms with Gasteiger partial charge in [0.05, 0.1) is 4.47 Å². The van der Waals surface area contributed by atoms with Crippen LogP contribution in [-0.4, -0.2) is 23.0 Å². The fourth-order valence-electron chi connectivity index (χ4n) is 1.60. The van der Waals surface area contributed by atoms with Crippen molar-refractivity contribution in [3.8, 4) is 11.5 Å². The van der Waals surface area contributed by atoms with Gasteiger partial charge in [0.15, 0.2) is 17.6 Å². The van der Waals surface area contributed by atoms with E-state index in [1.165, 1.54) is 0 Å². The van der Waals surface area contributed by atoms with Crippen molar-refractivity contribution in [3.63, 3.8) is 0 Å². The number of rotatable bonds is 2. The van der Waals surface area contributed by atoms with Crippen molar-refractivity contribution < 1.29 is 24.5 Å². The lowest BCUT2D eigenvalue weighted by Crippen LogP contribution is -2.12. The molecule has 16 heavy (non-hydrogen) atoms. The Morgan fingerprint density at radius 2 is 2.25 bits per heavy atom. The summed E-state index contributed by atoms with van der Waals surface area (Å²) in [6.07, 6.45) is -1.58. The van der Waals surface area contributed by atoms with E-state index in [0.717, 1.165) is 0 Å². The zero-order chi connectivity index (χ0) is 11.9. The second kappa shape index (κ2) is 3.95. The van der Waals surface area contributed by atoms with Crippen molar-refractivity contribution in [1.29, 1.82) is 0 Å². The summed E-state index contributed by atoms with van der Waals surface area (Å²) < 4.78 is 10.8. The number of hydrogen-bond donors (Lipinski definition) is 2. The molecule has 0 aromatic heterocycles. The molecule has 0 aliphatic carbocycles.